The van der Waals surface area contributed by atoms with Gasteiger partial charge in [0.25, 0.3) is 0 Å². The Hall–Kier alpha value is -0.770. The lowest BCUT2D eigenvalue weighted by atomic mass is 9.81. The van der Waals surface area contributed by atoms with Crippen molar-refractivity contribution >= 4 is 6.03 Å². The van der Waals surface area contributed by atoms with Crippen LogP contribution in [0.3, 0.4) is 0 Å². The topological polar surface area (TPSA) is 44.4 Å². The number of rotatable bonds is 6. The first-order valence-electron chi connectivity index (χ1n) is 6.17. The van der Waals surface area contributed by atoms with E-state index in [0.29, 0.717) is 11.3 Å². The van der Waals surface area contributed by atoms with Crippen LogP contribution in [0, 0.1) is 11.3 Å². The molecule has 0 aromatic rings. The van der Waals surface area contributed by atoms with E-state index in [0.717, 1.165) is 32.7 Å². The average molecular weight is 227 g/mol. The fourth-order valence-electron chi connectivity index (χ4n) is 1.55. The third kappa shape index (κ3) is 3.67. The van der Waals surface area contributed by atoms with Gasteiger partial charge in [-0.05, 0) is 11.3 Å². The second kappa shape index (κ2) is 5.53. The van der Waals surface area contributed by atoms with Crippen LogP contribution in [0.1, 0.15) is 27.7 Å². The van der Waals surface area contributed by atoms with E-state index in [1.165, 1.54) is 0 Å². The predicted molar refractivity (Wildman–Crippen MR) is 66.5 cm³/mol. The van der Waals surface area contributed by atoms with Gasteiger partial charge in [0.05, 0.1) is 0 Å². The van der Waals surface area contributed by atoms with Gasteiger partial charge in [-0.3, -0.25) is 0 Å². The molecule has 0 radical (unpaired) electrons. The normalized spacial score (nSPS) is 17.1. The highest BCUT2D eigenvalue weighted by atomic mass is 16.2. The molecule has 2 amide bonds. The van der Waals surface area contributed by atoms with Crippen molar-refractivity contribution in [2.24, 2.45) is 11.3 Å². The Bertz CT molecular complexity index is 238. The second-order valence-corrected chi connectivity index (χ2v) is 5.54. The van der Waals surface area contributed by atoms with Crippen LogP contribution in [0.4, 0.5) is 4.79 Å². The molecule has 0 bridgehead atoms. The van der Waals surface area contributed by atoms with E-state index in [1.54, 1.807) is 0 Å². The van der Waals surface area contributed by atoms with Gasteiger partial charge in [0.1, 0.15) is 0 Å². The van der Waals surface area contributed by atoms with Gasteiger partial charge < -0.3 is 15.5 Å². The molecule has 94 valence electrons. The van der Waals surface area contributed by atoms with Crippen molar-refractivity contribution in [1.29, 1.82) is 0 Å². The highest BCUT2D eigenvalue weighted by Crippen LogP contribution is 2.24. The average Bonchev–Trinajstić information content (AvgIpc) is 2.59. The standard InChI is InChI=1S/C12H25N3O/c1-10(2)12(3,4)9-13-5-7-15-8-6-14-11(15)16/h10,13H,5-9H2,1-4H3,(H,14,16). The number of carbonyl (C=O) groups excluding carboxylic acids is 1. The number of urea groups is 1. The molecule has 0 aliphatic carbocycles. The van der Waals surface area contributed by atoms with Gasteiger partial charge >= 0.3 is 6.03 Å². The maximum absolute atomic E-state index is 11.3. The number of hydrogen-bond donors (Lipinski definition) is 2. The van der Waals surface area contributed by atoms with Gasteiger partial charge in [-0.15, -0.1) is 0 Å². The Labute approximate surface area is 98.8 Å². The molecular formula is C12H25N3O. The molecule has 1 rings (SSSR count). The first-order valence-corrected chi connectivity index (χ1v) is 6.17. The summed E-state index contributed by atoms with van der Waals surface area (Å²) < 4.78 is 0. The van der Waals surface area contributed by atoms with Gasteiger partial charge in [0.15, 0.2) is 0 Å². The van der Waals surface area contributed by atoms with E-state index in [1.807, 2.05) is 4.90 Å². The summed E-state index contributed by atoms with van der Waals surface area (Å²) in [7, 11) is 0. The third-order valence-corrected chi connectivity index (χ3v) is 3.65. The van der Waals surface area contributed by atoms with Crippen LogP contribution in [0.5, 0.6) is 0 Å². The number of carbonyl (C=O) groups is 1. The maximum atomic E-state index is 11.3. The van der Waals surface area contributed by atoms with E-state index in [2.05, 4.69) is 38.3 Å². The molecule has 0 atom stereocenters. The maximum Gasteiger partial charge on any atom is 0.317 e. The number of amides is 2. The molecule has 4 nitrogen and oxygen atoms in total. The fraction of sp³-hybridized carbons (Fsp3) is 0.917. The molecule has 1 aliphatic rings. The molecule has 0 spiro atoms. The van der Waals surface area contributed by atoms with Crippen LogP contribution in [-0.4, -0.2) is 43.7 Å². The van der Waals surface area contributed by atoms with Gasteiger partial charge in [0, 0.05) is 32.7 Å². The van der Waals surface area contributed by atoms with Crippen LogP contribution in [0.15, 0.2) is 0 Å². The highest BCUT2D eigenvalue weighted by molar-refractivity contribution is 5.76. The highest BCUT2D eigenvalue weighted by Gasteiger charge is 2.22. The Kier molecular flexibility index (Phi) is 4.59. The zero-order valence-electron chi connectivity index (χ0n) is 11.0. The van der Waals surface area contributed by atoms with E-state index in [4.69, 9.17) is 0 Å². The third-order valence-electron chi connectivity index (χ3n) is 3.65. The molecule has 4 heteroatoms. The Morgan fingerprint density at radius 1 is 1.50 bits per heavy atom. The fourth-order valence-corrected chi connectivity index (χ4v) is 1.55. The summed E-state index contributed by atoms with van der Waals surface area (Å²) in [5, 5.41) is 6.24. The molecule has 2 N–H and O–H groups in total. The minimum atomic E-state index is 0.0740. The van der Waals surface area contributed by atoms with Crippen molar-refractivity contribution in [3.05, 3.63) is 0 Å². The monoisotopic (exact) mass is 227 g/mol. The minimum absolute atomic E-state index is 0.0740. The Morgan fingerprint density at radius 3 is 2.69 bits per heavy atom. The van der Waals surface area contributed by atoms with E-state index < -0.39 is 0 Å². The molecular weight excluding hydrogens is 202 g/mol. The lowest BCUT2D eigenvalue weighted by Gasteiger charge is -2.29. The minimum Gasteiger partial charge on any atom is -0.336 e. The quantitative estimate of drug-likeness (QED) is 0.671. The number of hydrogen-bond acceptors (Lipinski definition) is 2. The molecule has 0 aromatic heterocycles. The first kappa shape index (κ1) is 13.3. The summed E-state index contributed by atoms with van der Waals surface area (Å²) in [6.07, 6.45) is 0. The first-order chi connectivity index (χ1) is 7.43. The second-order valence-electron chi connectivity index (χ2n) is 5.54. The smallest absolute Gasteiger partial charge is 0.317 e. The Morgan fingerprint density at radius 2 is 2.19 bits per heavy atom. The van der Waals surface area contributed by atoms with Gasteiger partial charge in [-0.1, -0.05) is 27.7 Å². The van der Waals surface area contributed by atoms with Gasteiger partial charge in [-0.25, -0.2) is 4.79 Å². The SMILES string of the molecule is CC(C)C(C)(C)CNCCN1CCNC1=O. The zero-order chi connectivity index (χ0) is 12.2. The summed E-state index contributed by atoms with van der Waals surface area (Å²) in [6, 6.07) is 0.0740. The summed E-state index contributed by atoms with van der Waals surface area (Å²) in [4.78, 5) is 13.1. The molecule has 1 fully saturated rings. The van der Waals surface area contributed by atoms with Gasteiger partial charge in [0.2, 0.25) is 0 Å². The molecule has 0 aromatic carbocycles. The van der Waals surface area contributed by atoms with Crippen LogP contribution in [0.2, 0.25) is 0 Å². The summed E-state index contributed by atoms with van der Waals surface area (Å²) in [6.45, 7) is 13.3. The van der Waals surface area contributed by atoms with E-state index >= 15 is 0 Å². The lowest BCUT2D eigenvalue weighted by Crippen LogP contribution is -2.39. The number of nitrogens with zero attached hydrogens (tertiary/aromatic N) is 1. The van der Waals surface area contributed by atoms with Crippen LogP contribution in [-0.2, 0) is 0 Å². The molecule has 1 heterocycles. The molecule has 16 heavy (non-hydrogen) atoms. The summed E-state index contributed by atoms with van der Waals surface area (Å²) >= 11 is 0. The van der Waals surface area contributed by atoms with Crippen molar-refractivity contribution in [2.45, 2.75) is 27.7 Å². The van der Waals surface area contributed by atoms with Crippen molar-refractivity contribution in [2.75, 3.05) is 32.7 Å². The number of nitrogens with one attached hydrogen (secondary N) is 2. The van der Waals surface area contributed by atoms with E-state index in [-0.39, 0.29) is 6.03 Å². The Balaban J connectivity index is 2.14. The van der Waals surface area contributed by atoms with Crippen LogP contribution in [0.25, 0.3) is 0 Å². The molecule has 1 aliphatic heterocycles. The largest absolute Gasteiger partial charge is 0.336 e. The van der Waals surface area contributed by atoms with Gasteiger partial charge in [-0.2, -0.15) is 0 Å². The van der Waals surface area contributed by atoms with Crippen molar-refractivity contribution < 1.29 is 4.79 Å². The van der Waals surface area contributed by atoms with Crippen LogP contribution < -0.4 is 10.6 Å². The predicted octanol–water partition coefficient (Wildman–Crippen LogP) is 1.28. The van der Waals surface area contributed by atoms with Crippen LogP contribution >= 0.6 is 0 Å². The molecule has 1 saturated heterocycles. The van der Waals surface area contributed by atoms with Crippen molar-refractivity contribution in [3.63, 3.8) is 0 Å². The summed E-state index contributed by atoms with van der Waals surface area (Å²) in [5.41, 5.74) is 0.313. The van der Waals surface area contributed by atoms with Crippen molar-refractivity contribution in [1.82, 2.24) is 15.5 Å². The van der Waals surface area contributed by atoms with E-state index in [9.17, 15) is 4.79 Å². The van der Waals surface area contributed by atoms with Crippen molar-refractivity contribution in [3.8, 4) is 0 Å². The summed E-state index contributed by atoms with van der Waals surface area (Å²) in [5.74, 6) is 0.662. The zero-order valence-corrected chi connectivity index (χ0v) is 11.0. The molecule has 0 saturated carbocycles. The lowest BCUT2D eigenvalue weighted by molar-refractivity contribution is 0.212. The molecule has 0 unspecified atom stereocenters.